The minimum Gasteiger partial charge on any atom is -0.320 e. The van der Waals surface area contributed by atoms with Gasteiger partial charge in [0.25, 0.3) is 7.38 Å². The first kappa shape index (κ1) is 7.48. The minimum atomic E-state index is -2.18. The van der Waals surface area contributed by atoms with Crippen molar-refractivity contribution in [2.24, 2.45) is 0 Å². The fourth-order valence-corrected chi connectivity index (χ4v) is 0.778. The first-order valence-electron chi connectivity index (χ1n) is 2.09. The molecule has 0 radical (unpaired) electrons. The van der Waals surface area contributed by atoms with Crippen molar-refractivity contribution >= 4 is 18.6 Å². The number of hydrogen-bond acceptors (Lipinski definition) is 2. The summed E-state index contributed by atoms with van der Waals surface area (Å²) >= 11 is 4.98. The lowest BCUT2D eigenvalue weighted by molar-refractivity contribution is 0.338. The van der Waals surface area contributed by atoms with Crippen molar-refractivity contribution in [1.82, 2.24) is 0 Å². The first-order valence-corrected chi connectivity index (χ1v) is 4.42. The molecular weight excluding hydrogens is 134 g/mol. The molecule has 0 amide bonds. The van der Waals surface area contributed by atoms with E-state index in [1.165, 1.54) is 0 Å². The van der Waals surface area contributed by atoms with Gasteiger partial charge in [0.05, 0.1) is 6.61 Å². The zero-order valence-corrected chi connectivity index (χ0v) is 5.86. The molecule has 0 bridgehead atoms. The molecule has 0 aliphatic rings. The number of rotatable bonds is 3. The zero-order chi connectivity index (χ0) is 5.70. The van der Waals surface area contributed by atoms with Crippen LogP contribution >= 0.6 is 18.6 Å². The van der Waals surface area contributed by atoms with E-state index in [9.17, 15) is 4.57 Å². The van der Waals surface area contributed by atoms with Crippen LogP contribution in [0.1, 0.15) is 13.3 Å². The fraction of sp³-hybridized carbons (Fsp3) is 1.00. The van der Waals surface area contributed by atoms with Gasteiger partial charge in [0, 0.05) is 0 Å². The average molecular weight is 143 g/mol. The van der Waals surface area contributed by atoms with Crippen molar-refractivity contribution in [2.75, 3.05) is 6.61 Å². The Labute approximate surface area is 48.5 Å². The molecule has 1 unspecified atom stereocenters. The van der Waals surface area contributed by atoms with Crippen molar-refractivity contribution in [3.05, 3.63) is 0 Å². The van der Waals surface area contributed by atoms with E-state index < -0.39 is 7.38 Å². The molecule has 0 aliphatic heterocycles. The van der Waals surface area contributed by atoms with E-state index in [0.717, 1.165) is 6.42 Å². The molecular formula is C3H8ClO2P. The summed E-state index contributed by atoms with van der Waals surface area (Å²) in [4.78, 5) is 0. The second-order valence-electron chi connectivity index (χ2n) is 1.09. The van der Waals surface area contributed by atoms with E-state index in [2.05, 4.69) is 4.52 Å². The Balaban J connectivity index is 2.82. The van der Waals surface area contributed by atoms with Crippen LogP contribution in [0.15, 0.2) is 0 Å². The Hall–Kier alpha value is 0.480. The molecule has 0 saturated carbocycles. The van der Waals surface area contributed by atoms with Gasteiger partial charge in [0.2, 0.25) is 0 Å². The maximum atomic E-state index is 9.93. The summed E-state index contributed by atoms with van der Waals surface area (Å²) in [5.41, 5.74) is 0. The lowest BCUT2D eigenvalue weighted by Gasteiger charge is -1.90. The van der Waals surface area contributed by atoms with Gasteiger partial charge in [-0.2, -0.15) is 0 Å². The molecule has 0 saturated heterocycles. The third kappa shape index (κ3) is 6.48. The minimum absolute atomic E-state index is 0.501. The van der Waals surface area contributed by atoms with Crippen molar-refractivity contribution in [2.45, 2.75) is 13.3 Å². The molecule has 7 heavy (non-hydrogen) atoms. The standard InChI is InChI=1S/C3H8ClO2P/c1-2-3-6-7(4)5/h7H,2-3H2,1H3. The maximum Gasteiger partial charge on any atom is 0.278 e. The van der Waals surface area contributed by atoms with Crippen molar-refractivity contribution < 1.29 is 9.09 Å². The lowest BCUT2D eigenvalue weighted by Crippen LogP contribution is -1.77. The zero-order valence-electron chi connectivity index (χ0n) is 4.11. The second-order valence-corrected chi connectivity index (χ2v) is 2.78. The molecule has 0 spiro atoms. The third-order valence-electron chi connectivity index (χ3n) is 0.420. The SMILES string of the molecule is CCCO[PH](=O)Cl. The molecule has 0 aromatic rings. The van der Waals surface area contributed by atoms with Gasteiger partial charge < -0.3 is 4.52 Å². The highest BCUT2D eigenvalue weighted by molar-refractivity contribution is 7.69. The van der Waals surface area contributed by atoms with Gasteiger partial charge in [0.1, 0.15) is 0 Å². The monoisotopic (exact) mass is 142 g/mol. The van der Waals surface area contributed by atoms with E-state index in [0.29, 0.717) is 6.61 Å². The molecule has 44 valence electrons. The summed E-state index contributed by atoms with van der Waals surface area (Å²) in [7, 11) is -2.18. The Morgan fingerprint density at radius 2 is 2.43 bits per heavy atom. The van der Waals surface area contributed by atoms with Crippen LogP contribution in [-0.4, -0.2) is 6.61 Å². The molecule has 2 nitrogen and oxygen atoms in total. The highest BCUT2D eigenvalue weighted by Crippen LogP contribution is 2.27. The van der Waals surface area contributed by atoms with Gasteiger partial charge in [-0.1, -0.05) is 6.92 Å². The summed E-state index contributed by atoms with van der Waals surface area (Å²) in [6.07, 6.45) is 0.864. The Bertz CT molecular complexity index is 66.0. The van der Waals surface area contributed by atoms with Crippen molar-refractivity contribution in [3.63, 3.8) is 0 Å². The molecule has 0 aliphatic carbocycles. The van der Waals surface area contributed by atoms with Crippen LogP contribution < -0.4 is 0 Å². The van der Waals surface area contributed by atoms with E-state index in [-0.39, 0.29) is 0 Å². The van der Waals surface area contributed by atoms with Crippen molar-refractivity contribution in [1.29, 1.82) is 0 Å². The quantitative estimate of drug-likeness (QED) is 0.564. The van der Waals surface area contributed by atoms with Crippen LogP contribution in [0.4, 0.5) is 0 Å². The van der Waals surface area contributed by atoms with E-state index in [4.69, 9.17) is 11.2 Å². The van der Waals surface area contributed by atoms with Crippen LogP contribution in [0.25, 0.3) is 0 Å². The summed E-state index contributed by atoms with van der Waals surface area (Å²) in [6.45, 7) is 2.43. The smallest absolute Gasteiger partial charge is 0.278 e. The van der Waals surface area contributed by atoms with Crippen LogP contribution in [0.2, 0.25) is 0 Å². The summed E-state index contributed by atoms with van der Waals surface area (Å²) in [6, 6.07) is 0. The van der Waals surface area contributed by atoms with E-state index in [1.54, 1.807) is 0 Å². The van der Waals surface area contributed by atoms with Crippen LogP contribution in [0.5, 0.6) is 0 Å². The molecule has 0 aromatic heterocycles. The number of halogens is 1. The van der Waals surface area contributed by atoms with Gasteiger partial charge in [0.15, 0.2) is 0 Å². The third-order valence-corrected chi connectivity index (χ3v) is 1.18. The molecule has 1 atom stereocenters. The van der Waals surface area contributed by atoms with Gasteiger partial charge in [-0.25, -0.2) is 0 Å². The molecule has 0 N–H and O–H groups in total. The topological polar surface area (TPSA) is 26.3 Å². The fourth-order valence-electron chi connectivity index (χ4n) is 0.182. The Morgan fingerprint density at radius 1 is 1.86 bits per heavy atom. The highest BCUT2D eigenvalue weighted by atomic mass is 35.7. The first-order chi connectivity index (χ1) is 3.27. The normalized spacial score (nSPS) is 14.0. The molecule has 0 heterocycles. The summed E-state index contributed by atoms with van der Waals surface area (Å²) < 4.78 is 14.4. The Kier molecular flexibility index (Phi) is 4.95. The lowest BCUT2D eigenvalue weighted by atomic mass is 10.5. The van der Waals surface area contributed by atoms with Crippen LogP contribution in [0.3, 0.4) is 0 Å². The highest BCUT2D eigenvalue weighted by Gasteiger charge is 1.86. The molecule has 0 fully saturated rings. The van der Waals surface area contributed by atoms with Crippen LogP contribution in [-0.2, 0) is 9.09 Å². The predicted molar refractivity (Wildman–Crippen MR) is 31.1 cm³/mol. The maximum absolute atomic E-state index is 9.93. The number of hydrogen-bond donors (Lipinski definition) is 0. The molecule has 0 aromatic carbocycles. The van der Waals surface area contributed by atoms with Gasteiger partial charge in [-0.05, 0) is 17.7 Å². The summed E-state index contributed by atoms with van der Waals surface area (Å²) in [5, 5.41) is 0. The van der Waals surface area contributed by atoms with Gasteiger partial charge >= 0.3 is 0 Å². The molecule has 4 heteroatoms. The van der Waals surface area contributed by atoms with Crippen LogP contribution in [0, 0.1) is 0 Å². The van der Waals surface area contributed by atoms with Gasteiger partial charge in [-0.15, -0.1) is 0 Å². The van der Waals surface area contributed by atoms with Crippen molar-refractivity contribution in [3.8, 4) is 0 Å². The van der Waals surface area contributed by atoms with E-state index in [1.807, 2.05) is 6.92 Å². The second kappa shape index (κ2) is 4.63. The largest absolute Gasteiger partial charge is 0.320 e. The van der Waals surface area contributed by atoms with Gasteiger partial charge in [-0.3, -0.25) is 4.57 Å². The predicted octanol–water partition coefficient (Wildman–Crippen LogP) is 2.04. The van der Waals surface area contributed by atoms with E-state index >= 15 is 0 Å². The summed E-state index contributed by atoms with van der Waals surface area (Å²) in [5.74, 6) is 0. The molecule has 0 rings (SSSR count). The average Bonchev–Trinajstić information content (AvgIpc) is 1.61. The Morgan fingerprint density at radius 3 is 2.57 bits per heavy atom.